The molecule has 0 aliphatic heterocycles. The van der Waals surface area contributed by atoms with E-state index in [1.807, 2.05) is 12.1 Å². The molecular formula is C15H18Cl2N2OS. The number of ether oxygens (including phenoxy) is 1. The first kappa shape index (κ1) is 16.7. The van der Waals surface area contributed by atoms with Crippen molar-refractivity contribution < 1.29 is 4.74 Å². The maximum atomic E-state index is 6.07. The summed E-state index contributed by atoms with van der Waals surface area (Å²) in [6.45, 7) is 4.45. The molecule has 0 unspecified atom stereocenters. The summed E-state index contributed by atoms with van der Waals surface area (Å²) in [4.78, 5) is 5.86. The molecule has 2 rings (SSSR count). The first-order valence-corrected chi connectivity index (χ1v) is 8.36. The van der Waals surface area contributed by atoms with E-state index in [1.165, 1.54) is 4.88 Å². The summed E-state index contributed by atoms with van der Waals surface area (Å²) in [7, 11) is 1.68. The number of benzene rings is 1. The van der Waals surface area contributed by atoms with Crippen LogP contribution in [0.5, 0.6) is 0 Å². The molecule has 3 nitrogen and oxygen atoms in total. The minimum atomic E-state index is 0.508. The Hall–Kier alpha value is -0.650. The lowest BCUT2D eigenvalue weighted by atomic mass is 10.2. The van der Waals surface area contributed by atoms with E-state index < -0.39 is 0 Å². The minimum absolute atomic E-state index is 0.508. The lowest BCUT2D eigenvalue weighted by Crippen LogP contribution is -2.14. The molecule has 1 heterocycles. The molecule has 0 amide bonds. The molecule has 1 aromatic carbocycles. The summed E-state index contributed by atoms with van der Waals surface area (Å²) < 4.78 is 5.24. The van der Waals surface area contributed by atoms with Crippen LogP contribution in [0.1, 0.15) is 23.9 Å². The van der Waals surface area contributed by atoms with Gasteiger partial charge in [-0.15, -0.1) is 11.3 Å². The Bertz CT molecular complexity index is 581. The fourth-order valence-corrected chi connectivity index (χ4v) is 3.50. The van der Waals surface area contributed by atoms with Gasteiger partial charge in [0, 0.05) is 34.1 Å². The van der Waals surface area contributed by atoms with Crippen molar-refractivity contribution in [1.29, 1.82) is 0 Å². The number of hydrogen-bond donors (Lipinski definition) is 1. The number of methoxy groups -OCH3 is 1. The summed E-state index contributed by atoms with van der Waals surface area (Å²) >= 11 is 13.8. The van der Waals surface area contributed by atoms with Crippen LogP contribution in [0.3, 0.4) is 0 Å². The highest BCUT2D eigenvalue weighted by atomic mass is 35.5. The summed E-state index contributed by atoms with van der Waals surface area (Å²) in [5, 5.41) is 5.55. The van der Waals surface area contributed by atoms with Crippen LogP contribution >= 0.6 is 34.5 Å². The molecule has 6 heteroatoms. The Morgan fingerprint density at radius 3 is 2.57 bits per heavy atom. The van der Waals surface area contributed by atoms with Crippen molar-refractivity contribution in [2.24, 2.45) is 0 Å². The first-order chi connectivity index (χ1) is 10.1. The van der Waals surface area contributed by atoms with Crippen LogP contribution in [0.25, 0.3) is 10.6 Å². The number of rotatable bonds is 7. The topological polar surface area (TPSA) is 34.2 Å². The molecule has 0 fully saturated rings. The maximum absolute atomic E-state index is 6.07. The lowest BCUT2D eigenvalue weighted by Gasteiger charge is -2.02. The van der Waals surface area contributed by atoms with Crippen molar-refractivity contribution in [1.82, 2.24) is 10.3 Å². The van der Waals surface area contributed by atoms with E-state index >= 15 is 0 Å². The van der Waals surface area contributed by atoms with E-state index in [-0.39, 0.29) is 0 Å². The van der Waals surface area contributed by atoms with Gasteiger partial charge in [0.1, 0.15) is 5.01 Å². The van der Waals surface area contributed by atoms with Crippen LogP contribution in [-0.4, -0.2) is 18.6 Å². The van der Waals surface area contributed by atoms with E-state index in [2.05, 4.69) is 17.2 Å². The number of thiazole rings is 1. The summed E-state index contributed by atoms with van der Waals surface area (Å²) in [6, 6.07) is 5.48. The van der Waals surface area contributed by atoms with Crippen LogP contribution in [0.2, 0.25) is 10.0 Å². The van der Waals surface area contributed by atoms with E-state index in [4.69, 9.17) is 27.9 Å². The van der Waals surface area contributed by atoms with Gasteiger partial charge in [-0.05, 0) is 31.2 Å². The van der Waals surface area contributed by atoms with Crippen LogP contribution < -0.4 is 5.32 Å². The Balaban J connectivity index is 2.29. The number of nitrogens with one attached hydrogen (secondary N) is 1. The molecule has 21 heavy (non-hydrogen) atoms. The van der Waals surface area contributed by atoms with Crippen molar-refractivity contribution in [2.75, 3.05) is 13.7 Å². The molecule has 0 spiro atoms. The van der Waals surface area contributed by atoms with Crippen LogP contribution in [-0.2, 0) is 17.9 Å². The molecule has 1 aromatic heterocycles. The van der Waals surface area contributed by atoms with Gasteiger partial charge in [0.2, 0.25) is 0 Å². The predicted molar refractivity (Wildman–Crippen MR) is 90.3 cm³/mol. The molecule has 0 atom stereocenters. The predicted octanol–water partition coefficient (Wildman–Crippen LogP) is 4.76. The average molecular weight is 345 g/mol. The number of hydrogen-bond acceptors (Lipinski definition) is 4. The second kappa shape index (κ2) is 8.11. The zero-order valence-corrected chi connectivity index (χ0v) is 14.4. The fraction of sp³-hybridized carbons (Fsp3) is 0.400. The van der Waals surface area contributed by atoms with Crippen molar-refractivity contribution in [2.45, 2.75) is 26.5 Å². The van der Waals surface area contributed by atoms with Crippen LogP contribution in [0, 0.1) is 0 Å². The molecule has 2 aromatic rings. The highest BCUT2D eigenvalue weighted by Gasteiger charge is 2.13. The molecule has 0 saturated carbocycles. The van der Waals surface area contributed by atoms with Gasteiger partial charge in [-0.25, -0.2) is 4.98 Å². The molecule has 114 valence electrons. The summed E-state index contributed by atoms with van der Waals surface area (Å²) in [5.41, 5.74) is 1.91. The Labute approximate surface area is 139 Å². The summed E-state index contributed by atoms with van der Waals surface area (Å²) in [5.74, 6) is 0. The van der Waals surface area contributed by atoms with E-state index in [1.54, 1.807) is 24.5 Å². The van der Waals surface area contributed by atoms with E-state index in [0.29, 0.717) is 16.7 Å². The smallest absolute Gasteiger partial charge is 0.124 e. The largest absolute Gasteiger partial charge is 0.378 e. The van der Waals surface area contributed by atoms with Crippen molar-refractivity contribution in [3.8, 4) is 10.6 Å². The van der Waals surface area contributed by atoms with Crippen LogP contribution in [0.15, 0.2) is 18.2 Å². The van der Waals surface area contributed by atoms with Crippen molar-refractivity contribution in [3.63, 3.8) is 0 Å². The quantitative estimate of drug-likeness (QED) is 0.735. The van der Waals surface area contributed by atoms with E-state index in [0.717, 1.165) is 35.8 Å². The standard InChI is InChI=1S/C15H18Cl2N2OS/c1-3-4-18-8-14-13(9-20-2)19-15(21-14)10-5-11(16)7-12(17)6-10/h5-7,18H,3-4,8-9H2,1-2H3. The normalized spacial score (nSPS) is 11.0. The van der Waals surface area contributed by atoms with Gasteiger partial charge < -0.3 is 10.1 Å². The monoisotopic (exact) mass is 344 g/mol. The highest BCUT2D eigenvalue weighted by molar-refractivity contribution is 7.15. The molecule has 0 aliphatic carbocycles. The van der Waals surface area contributed by atoms with Gasteiger partial charge in [0.15, 0.2) is 0 Å². The van der Waals surface area contributed by atoms with Crippen molar-refractivity contribution in [3.05, 3.63) is 38.8 Å². The van der Waals surface area contributed by atoms with Gasteiger partial charge in [0.05, 0.1) is 12.3 Å². The Morgan fingerprint density at radius 1 is 1.24 bits per heavy atom. The zero-order valence-electron chi connectivity index (χ0n) is 12.1. The lowest BCUT2D eigenvalue weighted by molar-refractivity contribution is 0.181. The molecule has 0 saturated heterocycles. The zero-order chi connectivity index (χ0) is 15.2. The Kier molecular flexibility index (Phi) is 6.45. The number of halogens is 2. The molecule has 1 N–H and O–H groups in total. The van der Waals surface area contributed by atoms with Gasteiger partial charge in [-0.3, -0.25) is 0 Å². The number of nitrogens with zero attached hydrogens (tertiary/aromatic N) is 1. The SMILES string of the molecule is CCCNCc1sc(-c2cc(Cl)cc(Cl)c2)nc1COC. The van der Waals surface area contributed by atoms with E-state index in [9.17, 15) is 0 Å². The molecule has 0 aliphatic rings. The third kappa shape index (κ3) is 4.66. The van der Waals surface area contributed by atoms with Gasteiger partial charge in [-0.2, -0.15) is 0 Å². The third-order valence-electron chi connectivity index (χ3n) is 2.88. The third-order valence-corrected chi connectivity index (χ3v) is 4.46. The first-order valence-electron chi connectivity index (χ1n) is 6.78. The van der Waals surface area contributed by atoms with Gasteiger partial charge >= 0.3 is 0 Å². The second-order valence-corrected chi connectivity index (χ2v) is 6.61. The maximum Gasteiger partial charge on any atom is 0.124 e. The molecule has 0 radical (unpaired) electrons. The highest BCUT2D eigenvalue weighted by Crippen LogP contribution is 2.32. The summed E-state index contributed by atoms with van der Waals surface area (Å²) in [6.07, 6.45) is 1.11. The number of aromatic nitrogens is 1. The van der Waals surface area contributed by atoms with Crippen molar-refractivity contribution >= 4 is 34.5 Å². The Morgan fingerprint density at radius 2 is 1.95 bits per heavy atom. The average Bonchev–Trinajstić information content (AvgIpc) is 2.82. The molecule has 0 bridgehead atoms. The fourth-order valence-electron chi connectivity index (χ4n) is 1.95. The second-order valence-electron chi connectivity index (χ2n) is 4.66. The van der Waals surface area contributed by atoms with Gasteiger partial charge in [-0.1, -0.05) is 30.1 Å². The minimum Gasteiger partial charge on any atom is -0.378 e. The van der Waals surface area contributed by atoms with Crippen LogP contribution in [0.4, 0.5) is 0 Å². The molecular weight excluding hydrogens is 327 g/mol. The van der Waals surface area contributed by atoms with Gasteiger partial charge in [0.25, 0.3) is 0 Å².